The first-order chi connectivity index (χ1) is 13.7. The van der Waals surface area contributed by atoms with Crippen LogP contribution in [0, 0.1) is 12.8 Å². The predicted molar refractivity (Wildman–Crippen MR) is 112 cm³/mol. The van der Waals surface area contributed by atoms with Crippen molar-refractivity contribution in [3.05, 3.63) is 59.2 Å². The minimum absolute atomic E-state index is 0.408. The number of rotatable bonds is 6. The lowest BCUT2D eigenvalue weighted by atomic mass is 9.92. The highest BCUT2D eigenvalue weighted by Crippen LogP contribution is 2.32. The molecule has 2 heterocycles. The van der Waals surface area contributed by atoms with E-state index < -0.39 is 0 Å². The van der Waals surface area contributed by atoms with Crippen molar-refractivity contribution in [2.24, 2.45) is 5.92 Å². The molecule has 0 aromatic heterocycles. The molecule has 2 aliphatic heterocycles. The minimum atomic E-state index is 0.408. The van der Waals surface area contributed by atoms with E-state index in [0.29, 0.717) is 18.0 Å². The summed E-state index contributed by atoms with van der Waals surface area (Å²) in [6.45, 7) is 5.37. The van der Waals surface area contributed by atoms with Crippen LogP contribution in [0.25, 0.3) is 0 Å². The number of benzene rings is 2. The molecule has 0 saturated carbocycles. The number of methoxy groups -OCH3 is 2. The van der Waals surface area contributed by atoms with Gasteiger partial charge in [-0.25, -0.2) is 0 Å². The van der Waals surface area contributed by atoms with E-state index in [1.54, 1.807) is 14.2 Å². The Kier molecular flexibility index (Phi) is 5.85. The van der Waals surface area contributed by atoms with Crippen molar-refractivity contribution in [2.75, 3.05) is 27.3 Å². The standard InChI is InChI=1S/C23H31N3O2/c1-16-4-7-18(8-5-16)20-13-21(25-24-20)19-10-11-26(15-19)14-17-6-9-22(27-2)23(12-17)28-3/h4-9,12,19-21,24-25H,10-11,13-15H2,1-3H3. The second-order valence-electron chi connectivity index (χ2n) is 8.07. The highest BCUT2D eigenvalue weighted by atomic mass is 16.5. The molecule has 2 N–H and O–H groups in total. The number of hydrazine groups is 1. The summed E-state index contributed by atoms with van der Waals surface area (Å²) in [5.74, 6) is 2.27. The van der Waals surface area contributed by atoms with Crippen LogP contribution in [0.15, 0.2) is 42.5 Å². The third kappa shape index (κ3) is 4.17. The lowest BCUT2D eigenvalue weighted by molar-refractivity contribution is 0.296. The van der Waals surface area contributed by atoms with E-state index in [1.165, 1.54) is 23.1 Å². The molecule has 0 radical (unpaired) electrons. The van der Waals surface area contributed by atoms with Gasteiger partial charge in [0, 0.05) is 25.2 Å². The van der Waals surface area contributed by atoms with Crippen LogP contribution in [0.1, 0.15) is 35.6 Å². The molecule has 0 bridgehead atoms. The Balaban J connectivity index is 1.33. The number of likely N-dealkylation sites (tertiary alicyclic amines) is 1. The van der Waals surface area contributed by atoms with Crippen LogP contribution in [0.4, 0.5) is 0 Å². The molecule has 5 nitrogen and oxygen atoms in total. The Morgan fingerprint density at radius 2 is 1.79 bits per heavy atom. The van der Waals surface area contributed by atoms with E-state index in [4.69, 9.17) is 9.47 Å². The molecule has 2 aliphatic rings. The molecule has 4 rings (SSSR count). The van der Waals surface area contributed by atoms with Crippen molar-refractivity contribution in [1.29, 1.82) is 0 Å². The van der Waals surface area contributed by atoms with Gasteiger partial charge in [-0.2, -0.15) is 0 Å². The van der Waals surface area contributed by atoms with Gasteiger partial charge in [0.15, 0.2) is 11.5 Å². The Hall–Kier alpha value is -2.08. The summed E-state index contributed by atoms with van der Waals surface area (Å²) in [4.78, 5) is 2.55. The molecule has 2 saturated heterocycles. The maximum atomic E-state index is 5.44. The van der Waals surface area contributed by atoms with E-state index in [1.807, 2.05) is 6.07 Å². The monoisotopic (exact) mass is 381 g/mol. The van der Waals surface area contributed by atoms with E-state index in [9.17, 15) is 0 Å². The van der Waals surface area contributed by atoms with Crippen LogP contribution in [-0.2, 0) is 6.54 Å². The molecule has 5 heteroatoms. The normalized spacial score (nSPS) is 25.2. The second kappa shape index (κ2) is 8.52. The smallest absolute Gasteiger partial charge is 0.161 e. The Bertz CT molecular complexity index is 793. The number of hydrogen-bond acceptors (Lipinski definition) is 5. The highest BCUT2D eigenvalue weighted by Gasteiger charge is 2.35. The van der Waals surface area contributed by atoms with Gasteiger partial charge in [-0.3, -0.25) is 15.8 Å². The Labute approximate surface area is 168 Å². The Morgan fingerprint density at radius 1 is 1.00 bits per heavy atom. The molecule has 2 aromatic carbocycles. The molecule has 2 fully saturated rings. The van der Waals surface area contributed by atoms with Gasteiger partial charge in [0.25, 0.3) is 0 Å². The molecule has 150 valence electrons. The van der Waals surface area contributed by atoms with Crippen LogP contribution in [0.5, 0.6) is 11.5 Å². The summed E-state index contributed by atoms with van der Waals surface area (Å²) in [7, 11) is 3.37. The van der Waals surface area contributed by atoms with E-state index >= 15 is 0 Å². The molecule has 3 atom stereocenters. The summed E-state index contributed by atoms with van der Waals surface area (Å²) in [6.07, 6.45) is 2.39. The van der Waals surface area contributed by atoms with Gasteiger partial charge in [-0.15, -0.1) is 0 Å². The van der Waals surface area contributed by atoms with Crippen LogP contribution >= 0.6 is 0 Å². The molecular weight excluding hydrogens is 350 g/mol. The number of nitrogens with one attached hydrogen (secondary N) is 2. The van der Waals surface area contributed by atoms with Gasteiger partial charge in [-0.1, -0.05) is 35.9 Å². The summed E-state index contributed by atoms with van der Waals surface area (Å²) in [5, 5.41) is 0. The number of aryl methyl sites for hydroxylation is 1. The number of hydrogen-bond donors (Lipinski definition) is 2. The van der Waals surface area contributed by atoms with Crippen LogP contribution in [0.2, 0.25) is 0 Å². The van der Waals surface area contributed by atoms with Gasteiger partial charge in [0.05, 0.1) is 14.2 Å². The lowest BCUT2D eigenvalue weighted by Crippen LogP contribution is -2.37. The van der Waals surface area contributed by atoms with Gasteiger partial charge in [0.2, 0.25) is 0 Å². The van der Waals surface area contributed by atoms with Crippen molar-refractivity contribution in [1.82, 2.24) is 15.8 Å². The fourth-order valence-electron chi connectivity index (χ4n) is 4.48. The first kappa shape index (κ1) is 19.2. The molecule has 28 heavy (non-hydrogen) atoms. The van der Waals surface area contributed by atoms with E-state index in [-0.39, 0.29) is 0 Å². The largest absolute Gasteiger partial charge is 0.493 e. The van der Waals surface area contributed by atoms with Crippen LogP contribution in [-0.4, -0.2) is 38.3 Å². The molecule has 2 aromatic rings. The highest BCUT2D eigenvalue weighted by molar-refractivity contribution is 5.42. The predicted octanol–water partition coefficient (Wildman–Crippen LogP) is 3.44. The van der Waals surface area contributed by atoms with Gasteiger partial charge in [0.1, 0.15) is 0 Å². The zero-order chi connectivity index (χ0) is 19.5. The zero-order valence-corrected chi connectivity index (χ0v) is 17.1. The maximum absolute atomic E-state index is 5.44. The first-order valence-electron chi connectivity index (χ1n) is 10.2. The molecule has 0 aliphatic carbocycles. The van der Waals surface area contributed by atoms with Crippen molar-refractivity contribution in [3.8, 4) is 11.5 Å². The third-order valence-electron chi connectivity index (χ3n) is 6.14. The van der Waals surface area contributed by atoms with E-state index in [2.05, 4.69) is 59.1 Å². The molecule has 3 unspecified atom stereocenters. The van der Waals surface area contributed by atoms with Crippen LogP contribution in [0.3, 0.4) is 0 Å². The van der Waals surface area contributed by atoms with Gasteiger partial charge in [-0.05, 0) is 55.5 Å². The zero-order valence-electron chi connectivity index (χ0n) is 17.1. The minimum Gasteiger partial charge on any atom is -0.493 e. The SMILES string of the molecule is COc1ccc(CN2CCC(C3CC(c4ccc(C)cc4)NN3)C2)cc1OC. The number of ether oxygens (including phenoxy) is 2. The topological polar surface area (TPSA) is 45.8 Å². The van der Waals surface area contributed by atoms with Crippen molar-refractivity contribution < 1.29 is 9.47 Å². The summed E-state index contributed by atoms with van der Waals surface area (Å²) in [5.41, 5.74) is 11.0. The van der Waals surface area contributed by atoms with Gasteiger partial charge >= 0.3 is 0 Å². The first-order valence-corrected chi connectivity index (χ1v) is 10.2. The maximum Gasteiger partial charge on any atom is 0.161 e. The van der Waals surface area contributed by atoms with Gasteiger partial charge < -0.3 is 9.47 Å². The quantitative estimate of drug-likeness (QED) is 0.803. The summed E-state index contributed by atoms with van der Waals surface area (Å²) in [6, 6.07) is 16.1. The average Bonchev–Trinajstić information content (AvgIpc) is 3.38. The van der Waals surface area contributed by atoms with E-state index in [0.717, 1.165) is 37.6 Å². The lowest BCUT2D eigenvalue weighted by Gasteiger charge is -2.20. The average molecular weight is 382 g/mol. The molecule has 0 spiro atoms. The third-order valence-corrected chi connectivity index (χ3v) is 6.14. The fourth-order valence-corrected chi connectivity index (χ4v) is 4.48. The Morgan fingerprint density at radius 3 is 2.54 bits per heavy atom. The molecular formula is C23H31N3O2. The van der Waals surface area contributed by atoms with Crippen molar-refractivity contribution >= 4 is 0 Å². The fraction of sp³-hybridized carbons (Fsp3) is 0.478. The van der Waals surface area contributed by atoms with Crippen molar-refractivity contribution in [3.63, 3.8) is 0 Å². The van der Waals surface area contributed by atoms with Crippen LogP contribution < -0.4 is 20.3 Å². The summed E-state index contributed by atoms with van der Waals surface area (Å²) < 4.78 is 10.8. The summed E-state index contributed by atoms with van der Waals surface area (Å²) >= 11 is 0. The second-order valence-corrected chi connectivity index (χ2v) is 8.07. The van der Waals surface area contributed by atoms with Crippen molar-refractivity contribution in [2.45, 2.75) is 38.4 Å². The number of nitrogens with zero attached hydrogens (tertiary/aromatic N) is 1. The molecule has 0 amide bonds.